The van der Waals surface area contributed by atoms with Gasteiger partial charge in [-0.15, -0.1) is 0 Å². The Balaban J connectivity index is 1.48. The SMILES string of the molecule is Cc1ccc(S(=O)(=O)NCCCN(CC=CCN(CCCNS(=O)(=O)c2ccc(C)cc2)S(=O)(=O)c2ccc(C)cc2)S(=O)(=O)c2ccc(C)cc2)cc1. The van der Waals surface area contributed by atoms with E-state index in [1.165, 1.54) is 57.1 Å². The van der Waals surface area contributed by atoms with Crippen LogP contribution in [0.4, 0.5) is 0 Å². The summed E-state index contributed by atoms with van der Waals surface area (Å²) in [6.07, 6.45) is 3.44. The van der Waals surface area contributed by atoms with Gasteiger partial charge in [0.2, 0.25) is 40.1 Å². The number of nitrogens with one attached hydrogen (secondary N) is 2. The predicted molar refractivity (Wildman–Crippen MR) is 211 cm³/mol. The molecule has 12 nitrogen and oxygen atoms in total. The Morgan fingerprint density at radius 1 is 0.426 bits per heavy atom. The van der Waals surface area contributed by atoms with Gasteiger partial charge in [-0.25, -0.2) is 43.1 Å². The molecule has 0 spiro atoms. The van der Waals surface area contributed by atoms with E-state index < -0.39 is 40.1 Å². The zero-order valence-corrected chi connectivity index (χ0v) is 34.1. The fourth-order valence-electron chi connectivity index (χ4n) is 5.25. The summed E-state index contributed by atoms with van der Waals surface area (Å²) in [6.45, 7) is 7.06. The summed E-state index contributed by atoms with van der Waals surface area (Å²) in [6, 6.07) is 25.5. The lowest BCUT2D eigenvalue weighted by Gasteiger charge is -2.22. The van der Waals surface area contributed by atoms with E-state index in [0.29, 0.717) is 0 Å². The van der Waals surface area contributed by atoms with Crippen molar-refractivity contribution in [2.24, 2.45) is 0 Å². The van der Waals surface area contributed by atoms with Gasteiger partial charge >= 0.3 is 0 Å². The maximum Gasteiger partial charge on any atom is 0.243 e. The van der Waals surface area contributed by atoms with E-state index in [-0.39, 0.29) is 71.7 Å². The Morgan fingerprint density at radius 3 is 0.963 bits per heavy atom. The molecule has 16 heteroatoms. The lowest BCUT2D eigenvalue weighted by atomic mass is 10.2. The van der Waals surface area contributed by atoms with Crippen molar-refractivity contribution in [1.82, 2.24) is 18.1 Å². The second kappa shape index (κ2) is 18.7. The van der Waals surface area contributed by atoms with Crippen molar-refractivity contribution in [1.29, 1.82) is 0 Å². The third-order valence-electron chi connectivity index (χ3n) is 8.52. The minimum absolute atomic E-state index is 0.0178. The molecule has 0 fully saturated rings. The molecule has 0 heterocycles. The summed E-state index contributed by atoms with van der Waals surface area (Å²) >= 11 is 0. The van der Waals surface area contributed by atoms with Crippen LogP contribution >= 0.6 is 0 Å². The average molecular weight is 817 g/mol. The molecule has 0 aliphatic carbocycles. The molecule has 292 valence electrons. The van der Waals surface area contributed by atoms with Gasteiger partial charge in [0, 0.05) is 39.3 Å². The summed E-state index contributed by atoms with van der Waals surface area (Å²) in [5, 5.41) is 0. The highest BCUT2D eigenvalue weighted by atomic mass is 32.2. The monoisotopic (exact) mass is 816 g/mol. The second-order valence-corrected chi connectivity index (χ2v) is 20.4. The van der Waals surface area contributed by atoms with Crippen molar-refractivity contribution in [3.63, 3.8) is 0 Å². The molecular formula is C38H48N4O8S4. The molecule has 0 saturated heterocycles. The molecule has 0 atom stereocenters. The minimum atomic E-state index is -4.02. The summed E-state index contributed by atoms with van der Waals surface area (Å²) in [4.78, 5) is 0.347. The Hall–Kier alpha value is -3.74. The van der Waals surface area contributed by atoms with Crippen molar-refractivity contribution < 1.29 is 33.7 Å². The first kappa shape index (κ1) is 43.0. The second-order valence-electron chi connectivity index (χ2n) is 13.0. The van der Waals surface area contributed by atoms with E-state index >= 15 is 0 Å². The lowest BCUT2D eigenvalue weighted by Crippen LogP contribution is -2.35. The Morgan fingerprint density at radius 2 is 0.685 bits per heavy atom. The first-order valence-corrected chi connectivity index (χ1v) is 23.2. The topological polar surface area (TPSA) is 167 Å². The molecule has 0 bridgehead atoms. The third kappa shape index (κ3) is 11.9. The van der Waals surface area contributed by atoms with Crippen LogP contribution < -0.4 is 9.44 Å². The molecule has 0 unspecified atom stereocenters. The highest BCUT2D eigenvalue weighted by Crippen LogP contribution is 2.19. The Kier molecular flexibility index (Phi) is 14.9. The molecule has 0 amide bonds. The molecule has 0 radical (unpaired) electrons. The third-order valence-corrected chi connectivity index (χ3v) is 15.2. The molecule has 4 rings (SSSR count). The van der Waals surface area contributed by atoms with E-state index in [9.17, 15) is 33.7 Å². The van der Waals surface area contributed by atoms with Gasteiger partial charge in [-0.1, -0.05) is 82.9 Å². The van der Waals surface area contributed by atoms with Gasteiger partial charge in [0.25, 0.3) is 0 Å². The molecule has 4 aromatic rings. The number of rotatable bonds is 20. The van der Waals surface area contributed by atoms with Crippen molar-refractivity contribution in [3.8, 4) is 0 Å². The summed E-state index contributed by atoms with van der Waals surface area (Å²) < 4.78 is 114. The average Bonchev–Trinajstić information content (AvgIpc) is 3.12. The van der Waals surface area contributed by atoms with Crippen LogP contribution in [0.25, 0.3) is 0 Å². The molecule has 0 saturated carbocycles. The first-order valence-electron chi connectivity index (χ1n) is 17.3. The van der Waals surface area contributed by atoms with Gasteiger partial charge in [-0.05, 0) is 89.1 Å². The Labute approximate surface area is 321 Å². The van der Waals surface area contributed by atoms with E-state index in [1.54, 1.807) is 60.7 Å². The smallest absolute Gasteiger partial charge is 0.211 e. The van der Waals surface area contributed by atoms with Gasteiger partial charge in [0.15, 0.2) is 0 Å². The fourth-order valence-corrected chi connectivity index (χ4v) is 10.3. The molecule has 54 heavy (non-hydrogen) atoms. The fraction of sp³-hybridized carbons (Fsp3) is 0.316. The molecule has 0 aliphatic heterocycles. The molecular weight excluding hydrogens is 769 g/mol. The highest BCUT2D eigenvalue weighted by Gasteiger charge is 2.26. The van der Waals surface area contributed by atoms with Crippen molar-refractivity contribution in [2.75, 3.05) is 39.3 Å². The number of sulfonamides is 4. The van der Waals surface area contributed by atoms with Crippen LogP contribution in [-0.2, 0) is 40.1 Å². The minimum Gasteiger partial charge on any atom is -0.211 e. The molecule has 0 aromatic heterocycles. The number of nitrogens with zero attached hydrogens (tertiary/aromatic N) is 2. The zero-order chi connectivity index (χ0) is 39.6. The standard InChI is InChI=1S/C38H48N4O8S4/c1-31-9-17-35(18-10-31)51(43,44)39-25-7-29-41(53(47,48)37-21-13-33(3)14-22-37)27-5-6-28-42(54(49,50)38-23-15-34(4)16-24-38)30-8-26-40-52(45,46)36-19-11-32(2)12-20-36/h5-6,9-24,39-40H,7-8,25-30H2,1-4H3. The van der Waals surface area contributed by atoms with Crippen LogP contribution in [0.3, 0.4) is 0 Å². The van der Waals surface area contributed by atoms with Crippen molar-refractivity contribution >= 4 is 40.1 Å². The maximum atomic E-state index is 13.8. The lowest BCUT2D eigenvalue weighted by molar-refractivity contribution is 0.426. The van der Waals surface area contributed by atoms with Gasteiger partial charge in [0.1, 0.15) is 0 Å². The van der Waals surface area contributed by atoms with Gasteiger partial charge < -0.3 is 0 Å². The van der Waals surface area contributed by atoms with E-state index in [1.807, 2.05) is 27.7 Å². The van der Waals surface area contributed by atoms with Crippen molar-refractivity contribution in [3.05, 3.63) is 131 Å². The van der Waals surface area contributed by atoms with Crippen LogP contribution in [0.5, 0.6) is 0 Å². The van der Waals surface area contributed by atoms with E-state index in [0.717, 1.165) is 22.3 Å². The predicted octanol–water partition coefficient (Wildman–Crippen LogP) is 4.90. The normalized spacial score (nSPS) is 12.9. The molecule has 4 aromatic carbocycles. The summed E-state index contributed by atoms with van der Waals surface area (Å²) in [5.74, 6) is 0. The maximum absolute atomic E-state index is 13.8. The number of hydrogen-bond acceptors (Lipinski definition) is 8. The zero-order valence-electron chi connectivity index (χ0n) is 30.8. The highest BCUT2D eigenvalue weighted by molar-refractivity contribution is 7.90. The van der Waals surface area contributed by atoms with Crippen LogP contribution in [-0.4, -0.2) is 81.6 Å². The van der Waals surface area contributed by atoms with E-state index in [4.69, 9.17) is 0 Å². The quantitative estimate of drug-likeness (QED) is 0.0940. The molecule has 2 N–H and O–H groups in total. The van der Waals surface area contributed by atoms with E-state index in [2.05, 4.69) is 9.44 Å². The Bertz CT molecular complexity index is 2150. The first-order chi connectivity index (χ1) is 25.4. The van der Waals surface area contributed by atoms with Gasteiger partial charge in [0.05, 0.1) is 19.6 Å². The summed E-state index contributed by atoms with van der Waals surface area (Å²) in [5.41, 5.74) is 3.58. The van der Waals surface area contributed by atoms with Crippen molar-refractivity contribution in [2.45, 2.75) is 60.1 Å². The number of benzene rings is 4. The largest absolute Gasteiger partial charge is 0.243 e. The van der Waals surface area contributed by atoms with Crippen LogP contribution in [0.1, 0.15) is 35.1 Å². The number of hydrogen-bond donors (Lipinski definition) is 2. The van der Waals surface area contributed by atoms with Crippen LogP contribution in [0, 0.1) is 27.7 Å². The van der Waals surface area contributed by atoms with Gasteiger partial charge in [-0.2, -0.15) is 8.61 Å². The number of aryl methyl sites for hydroxylation is 4. The van der Waals surface area contributed by atoms with Crippen LogP contribution in [0.15, 0.2) is 129 Å². The van der Waals surface area contributed by atoms with Crippen LogP contribution in [0.2, 0.25) is 0 Å². The van der Waals surface area contributed by atoms with Gasteiger partial charge in [-0.3, -0.25) is 0 Å². The molecule has 0 aliphatic rings. The summed E-state index contributed by atoms with van der Waals surface area (Å²) in [7, 11) is -15.6.